The molecule has 1 aliphatic rings. The number of carbonyl (C=O) groups is 1. The van der Waals surface area contributed by atoms with Gasteiger partial charge >= 0.3 is 6.09 Å². The van der Waals surface area contributed by atoms with Crippen molar-refractivity contribution in [1.29, 1.82) is 0 Å². The van der Waals surface area contributed by atoms with Gasteiger partial charge in [0.1, 0.15) is 0 Å². The molecule has 1 saturated heterocycles. The van der Waals surface area contributed by atoms with Crippen LogP contribution >= 0.6 is 0 Å². The van der Waals surface area contributed by atoms with Crippen LogP contribution in [0, 0.1) is 5.92 Å². The van der Waals surface area contributed by atoms with E-state index in [0.29, 0.717) is 11.7 Å². The second kappa shape index (κ2) is 4.96. The Morgan fingerprint density at radius 3 is 2.88 bits per heavy atom. The van der Waals surface area contributed by atoms with Gasteiger partial charge in [-0.2, -0.15) is 0 Å². The van der Waals surface area contributed by atoms with Gasteiger partial charge in [-0.1, -0.05) is 6.92 Å². The molecule has 0 spiro atoms. The molecule has 0 atom stereocenters. The van der Waals surface area contributed by atoms with Gasteiger partial charge in [0.05, 0.1) is 6.20 Å². The van der Waals surface area contributed by atoms with E-state index in [1.807, 2.05) is 0 Å². The molecule has 0 bridgehead atoms. The van der Waals surface area contributed by atoms with Crippen molar-refractivity contribution in [3.8, 4) is 5.75 Å². The number of nitrogens with zero attached hydrogens (tertiary/aromatic N) is 2. The second-order valence-electron chi connectivity index (χ2n) is 4.23. The van der Waals surface area contributed by atoms with Gasteiger partial charge in [-0.05, 0) is 30.9 Å². The number of hydrogen-bond donors (Lipinski definition) is 0. The number of amides is 1. The molecule has 0 radical (unpaired) electrons. The molecule has 0 aromatic carbocycles. The summed E-state index contributed by atoms with van der Waals surface area (Å²) in [5.74, 6) is 1.22. The summed E-state index contributed by atoms with van der Waals surface area (Å²) in [5, 5.41) is 0. The number of likely N-dealkylation sites (tertiary alicyclic amines) is 1. The third-order valence-corrected chi connectivity index (χ3v) is 2.88. The van der Waals surface area contributed by atoms with E-state index >= 15 is 0 Å². The van der Waals surface area contributed by atoms with Gasteiger partial charge in [-0.25, -0.2) is 4.79 Å². The molecule has 4 heteroatoms. The molecular weight excluding hydrogens is 204 g/mol. The zero-order chi connectivity index (χ0) is 11.4. The molecule has 1 aliphatic heterocycles. The van der Waals surface area contributed by atoms with Crippen LogP contribution in [0.2, 0.25) is 0 Å². The maximum atomic E-state index is 11.8. The van der Waals surface area contributed by atoms with Crippen molar-refractivity contribution in [2.75, 3.05) is 13.1 Å². The fourth-order valence-corrected chi connectivity index (χ4v) is 1.76. The summed E-state index contributed by atoms with van der Waals surface area (Å²) in [6, 6.07) is 3.48. The molecule has 1 aromatic heterocycles. The van der Waals surface area contributed by atoms with Crippen LogP contribution in [0.3, 0.4) is 0 Å². The highest BCUT2D eigenvalue weighted by Crippen LogP contribution is 2.17. The molecule has 0 saturated carbocycles. The Labute approximate surface area is 95.2 Å². The van der Waals surface area contributed by atoms with Gasteiger partial charge < -0.3 is 9.64 Å². The first-order chi connectivity index (χ1) is 7.75. The quantitative estimate of drug-likeness (QED) is 0.729. The molecular formula is C12H16N2O2. The largest absolute Gasteiger partial charge is 0.415 e. The molecule has 1 fully saturated rings. The number of aromatic nitrogens is 1. The van der Waals surface area contributed by atoms with Crippen molar-refractivity contribution in [3.63, 3.8) is 0 Å². The van der Waals surface area contributed by atoms with Crippen LogP contribution in [0.25, 0.3) is 0 Å². The Balaban J connectivity index is 1.89. The first-order valence-electron chi connectivity index (χ1n) is 5.62. The molecule has 16 heavy (non-hydrogen) atoms. The van der Waals surface area contributed by atoms with E-state index in [1.54, 1.807) is 29.4 Å². The van der Waals surface area contributed by atoms with Gasteiger partial charge in [-0.15, -0.1) is 0 Å². The van der Waals surface area contributed by atoms with Crippen LogP contribution in [0.15, 0.2) is 24.5 Å². The Kier molecular flexibility index (Phi) is 3.39. The van der Waals surface area contributed by atoms with Gasteiger partial charge in [0, 0.05) is 19.3 Å². The van der Waals surface area contributed by atoms with Crippen molar-refractivity contribution >= 4 is 6.09 Å². The van der Waals surface area contributed by atoms with Crippen LogP contribution in [-0.2, 0) is 0 Å². The zero-order valence-corrected chi connectivity index (χ0v) is 9.43. The van der Waals surface area contributed by atoms with E-state index in [9.17, 15) is 4.79 Å². The van der Waals surface area contributed by atoms with E-state index in [4.69, 9.17) is 4.74 Å². The van der Waals surface area contributed by atoms with Crippen molar-refractivity contribution in [3.05, 3.63) is 24.5 Å². The smallest absolute Gasteiger partial charge is 0.409 e. The highest BCUT2D eigenvalue weighted by atomic mass is 16.6. The number of rotatable bonds is 1. The minimum absolute atomic E-state index is 0.264. The Hall–Kier alpha value is -1.58. The van der Waals surface area contributed by atoms with E-state index < -0.39 is 0 Å². The summed E-state index contributed by atoms with van der Waals surface area (Å²) in [7, 11) is 0. The molecule has 2 heterocycles. The average molecular weight is 220 g/mol. The third kappa shape index (κ3) is 2.72. The molecule has 1 amide bonds. The summed E-state index contributed by atoms with van der Waals surface area (Å²) >= 11 is 0. The van der Waals surface area contributed by atoms with E-state index in [1.165, 1.54) is 0 Å². The first kappa shape index (κ1) is 10.9. The van der Waals surface area contributed by atoms with Crippen LogP contribution in [0.5, 0.6) is 5.75 Å². The summed E-state index contributed by atoms with van der Waals surface area (Å²) < 4.78 is 5.21. The van der Waals surface area contributed by atoms with E-state index in [2.05, 4.69) is 11.9 Å². The molecule has 0 unspecified atom stereocenters. The number of piperidine rings is 1. The van der Waals surface area contributed by atoms with Gasteiger partial charge in [0.25, 0.3) is 0 Å². The minimum atomic E-state index is -0.264. The lowest BCUT2D eigenvalue weighted by Crippen LogP contribution is -2.39. The van der Waals surface area contributed by atoms with Crippen LogP contribution in [0.4, 0.5) is 4.79 Å². The molecule has 2 rings (SSSR count). The van der Waals surface area contributed by atoms with Gasteiger partial charge in [0.2, 0.25) is 0 Å². The van der Waals surface area contributed by atoms with Crippen LogP contribution in [0.1, 0.15) is 19.8 Å². The number of ether oxygens (including phenoxy) is 1. The second-order valence-corrected chi connectivity index (χ2v) is 4.23. The highest BCUT2D eigenvalue weighted by Gasteiger charge is 2.21. The maximum absolute atomic E-state index is 11.8. The Morgan fingerprint density at radius 1 is 1.50 bits per heavy atom. The van der Waals surface area contributed by atoms with E-state index in [-0.39, 0.29) is 6.09 Å². The topological polar surface area (TPSA) is 42.4 Å². The molecule has 0 aliphatic carbocycles. The Bertz CT molecular complexity index is 345. The number of hydrogen-bond acceptors (Lipinski definition) is 3. The van der Waals surface area contributed by atoms with Gasteiger partial charge in [0.15, 0.2) is 5.75 Å². The molecule has 1 aromatic rings. The lowest BCUT2D eigenvalue weighted by Gasteiger charge is -2.29. The van der Waals surface area contributed by atoms with Gasteiger partial charge in [-0.3, -0.25) is 4.98 Å². The van der Waals surface area contributed by atoms with Crippen molar-refractivity contribution < 1.29 is 9.53 Å². The lowest BCUT2D eigenvalue weighted by molar-refractivity contribution is 0.133. The Morgan fingerprint density at radius 2 is 2.25 bits per heavy atom. The lowest BCUT2D eigenvalue weighted by atomic mass is 10.00. The number of carbonyl (C=O) groups excluding carboxylic acids is 1. The first-order valence-corrected chi connectivity index (χ1v) is 5.62. The minimum Gasteiger partial charge on any atom is -0.409 e. The summed E-state index contributed by atoms with van der Waals surface area (Å²) in [6.45, 7) is 3.80. The fourth-order valence-electron chi connectivity index (χ4n) is 1.76. The van der Waals surface area contributed by atoms with Crippen LogP contribution in [-0.4, -0.2) is 29.1 Å². The predicted molar refractivity (Wildman–Crippen MR) is 60.2 cm³/mol. The summed E-state index contributed by atoms with van der Waals surface area (Å²) in [6.07, 6.45) is 5.05. The number of pyridine rings is 1. The standard InChI is InChI=1S/C12H16N2O2/c1-10-4-7-14(8-5-10)12(15)16-11-3-2-6-13-9-11/h2-3,6,9-10H,4-5,7-8H2,1H3. The average Bonchev–Trinajstić information content (AvgIpc) is 2.31. The van der Waals surface area contributed by atoms with E-state index in [0.717, 1.165) is 25.9 Å². The monoisotopic (exact) mass is 220 g/mol. The summed E-state index contributed by atoms with van der Waals surface area (Å²) in [5.41, 5.74) is 0. The third-order valence-electron chi connectivity index (χ3n) is 2.88. The predicted octanol–water partition coefficient (Wildman–Crippen LogP) is 2.31. The molecule has 4 nitrogen and oxygen atoms in total. The van der Waals surface area contributed by atoms with Crippen molar-refractivity contribution in [2.24, 2.45) is 5.92 Å². The van der Waals surface area contributed by atoms with Crippen molar-refractivity contribution in [1.82, 2.24) is 9.88 Å². The summed E-state index contributed by atoms with van der Waals surface area (Å²) in [4.78, 5) is 17.4. The molecule has 86 valence electrons. The van der Waals surface area contributed by atoms with Crippen LogP contribution < -0.4 is 4.74 Å². The molecule has 0 N–H and O–H groups in total. The maximum Gasteiger partial charge on any atom is 0.415 e. The van der Waals surface area contributed by atoms with Crippen molar-refractivity contribution in [2.45, 2.75) is 19.8 Å². The normalized spacial score (nSPS) is 17.2. The highest BCUT2D eigenvalue weighted by molar-refractivity contribution is 5.70. The zero-order valence-electron chi connectivity index (χ0n) is 9.43. The SMILES string of the molecule is CC1CCN(C(=O)Oc2cccnc2)CC1. The fraction of sp³-hybridized carbons (Fsp3) is 0.500.